The second-order valence-electron chi connectivity index (χ2n) is 4.96. The SMILES string of the molecule is CCc1cnc(NC[C@@H]2OCCc3ccccc32)nc1. The number of aromatic nitrogens is 2. The molecule has 1 aliphatic heterocycles. The Balaban J connectivity index is 1.66. The third kappa shape index (κ3) is 2.80. The first-order valence-electron chi connectivity index (χ1n) is 7.11. The fraction of sp³-hybridized carbons (Fsp3) is 0.375. The van der Waals surface area contributed by atoms with Crippen LogP contribution in [0.25, 0.3) is 0 Å². The van der Waals surface area contributed by atoms with Gasteiger partial charge in [-0.1, -0.05) is 31.2 Å². The molecule has 0 saturated heterocycles. The maximum atomic E-state index is 5.85. The molecule has 0 bridgehead atoms. The summed E-state index contributed by atoms with van der Waals surface area (Å²) in [5, 5.41) is 3.26. The number of rotatable bonds is 4. The number of hydrogen-bond donors (Lipinski definition) is 1. The summed E-state index contributed by atoms with van der Waals surface area (Å²) < 4.78 is 5.85. The molecule has 2 aromatic rings. The minimum atomic E-state index is 0.0781. The molecule has 1 aliphatic rings. The largest absolute Gasteiger partial charge is 0.371 e. The highest BCUT2D eigenvalue weighted by molar-refractivity contribution is 5.33. The van der Waals surface area contributed by atoms with E-state index in [1.165, 1.54) is 11.1 Å². The molecule has 3 rings (SSSR count). The van der Waals surface area contributed by atoms with Crippen molar-refractivity contribution in [1.82, 2.24) is 9.97 Å². The molecule has 0 unspecified atom stereocenters. The van der Waals surface area contributed by atoms with Crippen LogP contribution < -0.4 is 5.32 Å². The Morgan fingerprint density at radius 3 is 2.85 bits per heavy atom. The van der Waals surface area contributed by atoms with E-state index in [-0.39, 0.29) is 6.10 Å². The van der Waals surface area contributed by atoms with E-state index in [0.29, 0.717) is 12.5 Å². The first-order chi connectivity index (χ1) is 9.86. The summed E-state index contributed by atoms with van der Waals surface area (Å²) in [7, 11) is 0. The molecule has 1 N–H and O–H groups in total. The summed E-state index contributed by atoms with van der Waals surface area (Å²) in [6, 6.07) is 8.47. The Hall–Kier alpha value is -1.94. The Labute approximate surface area is 119 Å². The van der Waals surface area contributed by atoms with Gasteiger partial charge < -0.3 is 10.1 Å². The summed E-state index contributed by atoms with van der Waals surface area (Å²) in [5.74, 6) is 0.661. The van der Waals surface area contributed by atoms with Gasteiger partial charge in [0.2, 0.25) is 5.95 Å². The van der Waals surface area contributed by atoms with Gasteiger partial charge in [-0.3, -0.25) is 0 Å². The molecule has 1 atom stereocenters. The van der Waals surface area contributed by atoms with Gasteiger partial charge in [-0.25, -0.2) is 9.97 Å². The van der Waals surface area contributed by atoms with Crippen molar-refractivity contribution in [2.75, 3.05) is 18.5 Å². The van der Waals surface area contributed by atoms with Gasteiger partial charge >= 0.3 is 0 Å². The van der Waals surface area contributed by atoms with E-state index >= 15 is 0 Å². The monoisotopic (exact) mass is 269 g/mol. The number of fused-ring (bicyclic) bond motifs is 1. The zero-order valence-electron chi connectivity index (χ0n) is 11.7. The van der Waals surface area contributed by atoms with Crippen LogP contribution in [0.1, 0.15) is 29.7 Å². The number of hydrogen-bond acceptors (Lipinski definition) is 4. The Kier molecular flexibility index (Phi) is 3.92. The molecule has 0 radical (unpaired) electrons. The number of aryl methyl sites for hydroxylation is 1. The summed E-state index contributed by atoms with van der Waals surface area (Å²) in [6.45, 7) is 3.57. The number of nitrogens with zero attached hydrogens (tertiary/aromatic N) is 2. The van der Waals surface area contributed by atoms with Gasteiger partial charge in [0.15, 0.2) is 0 Å². The molecule has 0 aliphatic carbocycles. The van der Waals surface area contributed by atoms with Crippen molar-refractivity contribution in [3.05, 3.63) is 53.3 Å². The highest BCUT2D eigenvalue weighted by atomic mass is 16.5. The van der Waals surface area contributed by atoms with Crippen LogP contribution in [-0.4, -0.2) is 23.1 Å². The second kappa shape index (κ2) is 6.01. The van der Waals surface area contributed by atoms with Crippen molar-refractivity contribution in [3.63, 3.8) is 0 Å². The van der Waals surface area contributed by atoms with Crippen LogP contribution >= 0.6 is 0 Å². The topological polar surface area (TPSA) is 47.0 Å². The standard InChI is InChI=1S/C16H19N3O/c1-2-12-9-17-16(18-10-12)19-11-15-14-6-4-3-5-13(14)7-8-20-15/h3-6,9-10,15H,2,7-8,11H2,1H3,(H,17,18,19)/t15-/m0/s1. The van der Waals surface area contributed by atoms with Crippen molar-refractivity contribution in [2.45, 2.75) is 25.9 Å². The molecule has 4 nitrogen and oxygen atoms in total. The zero-order chi connectivity index (χ0) is 13.8. The lowest BCUT2D eigenvalue weighted by Crippen LogP contribution is -2.23. The van der Waals surface area contributed by atoms with E-state index < -0.39 is 0 Å². The van der Waals surface area contributed by atoms with Gasteiger partial charge in [0.05, 0.1) is 6.61 Å². The van der Waals surface area contributed by atoms with Crippen molar-refractivity contribution < 1.29 is 4.74 Å². The third-order valence-electron chi connectivity index (χ3n) is 3.65. The van der Waals surface area contributed by atoms with Crippen LogP contribution in [0.2, 0.25) is 0 Å². The number of benzene rings is 1. The van der Waals surface area contributed by atoms with E-state index in [4.69, 9.17) is 4.74 Å². The lowest BCUT2D eigenvalue weighted by atomic mass is 9.98. The molecule has 1 aromatic heterocycles. The molecular weight excluding hydrogens is 250 g/mol. The number of nitrogens with one attached hydrogen (secondary N) is 1. The maximum Gasteiger partial charge on any atom is 0.222 e. The predicted octanol–water partition coefficient (Wildman–Crippen LogP) is 2.76. The van der Waals surface area contributed by atoms with Crippen LogP contribution in [0, 0.1) is 0 Å². The quantitative estimate of drug-likeness (QED) is 0.927. The molecule has 4 heteroatoms. The van der Waals surface area contributed by atoms with Gasteiger partial charge in [-0.05, 0) is 29.5 Å². The minimum absolute atomic E-state index is 0.0781. The highest BCUT2D eigenvalue weighted by Crippen LogP contribution is 2.26. The first-order valence-corrected chi connectivity index (χ1v) is 7.11. The van der Waals surface area contributed by atoms with Gasteiger partial charge in [0.1, 0.15) is 6.10 Å². The van der Waals surface area contributed by atoms with Gasteiger partial charge in [0, 0.05) is 18.9 Å². The van der Waals surface area contributed by atoms with Crippen LogP contribution in [-0.2, 0) is 17.6 Å². The number of anilines is 1. The predicted molar refractivity (Wildman–Crippen MR) is 78.7 cm³/mol. The molecule has 0 saturated carbocycles. The summed E-state index contributed by atoms with van der Waals surface area (Å²) >= 11 is 0. The molecule has 0 spiro atoms. The van der Waals surface area contributed by atoms with E-state index in [1.54, 1.807) is 0 Å². The Morgan fingerprint density at radius 1 is 1.25 bits per heavy atom. The summed E-state index contributed by atoms with van der Waals surface area (Å²) in [5.41, 5.74) is 3.80. The van der Waals surface area contributed by atoms with Crippen LogP contribution in [0.15, 0.2) is 36.7 Å². The van der Waals surface area contributed by atoms with Gasteiger partial charge in [0.25, 0.3) is 0 Å². The lowest BCUT2D eigenvalue weighted by molar-refractivity contribution is 0.0512. The van der Waals surface area contributed by atoms with Crippen molar-refractivity contribution in [2.24, 2.45) is 0 Å². The van der Waals surface area contributed by atoms with Crippen molar-refractivity contribution in [1.29, 1.82) is 0 Å². The van der Waals surface area contributed by atoms with Crippen LogP contribution in [0.4, 0.5) is 5.95 Å². The zero-order valence-corrected chi connectivity index (χ0v) is 11.7. The average molecular weight is 269 g/mol. The average Bonchev–Trinajstić information content (AvgIpc) is 2.53. The fourth-order valence-electron chi connectivity index (χ4n) is 2.46. The lowest BCUT2D eigenvalue weighted by Gasteiger charge is -2.26. The maximum absolute atomic E-state index is 5.85. The van der Waals surface area contributed by atoms with E-state index in [2.05, 4.69) is 46.5 Å². The second-order valence-corrected chi connectivity index (χ2v) is 4.96. The highest BCUT2D eigenvalue weighted by Gasteiger charge is 2.20. The fourth-order valence-corrected chi connectivity index (χ4v) is 2.46. The minimum Gasteiger partial charge on any atom is -0.371 e. The summed E-state index contributed by atoms with van der Waals surface area (Å²) in [6.07, 6.45) is 5.76. The van der Waals surface area contributed by atoms with E-state index in [0.717, 1.165) is 25.0 Å². The van der Waals surface area contributed by atoms with Gasteiger partial charge in [-0.2, -0.15) is 0 Å². The molecule has 0 amide bonds. The molecule has 0 fully saturated rings. The Morgan fingerprint density at radius 2 is 2.05 bits per heavy atom. The molecular formula is C16H19N3O. The van der Waals surface area contributed by atoms with Crippen LogP contribution in [0.5, 0.6) is 0 Å². The van der Waals surface area contributed by atoms with Crippen molar-refractivity contribution >= 4 is 5.95 Å². The molecule has 104 valence electrons. The summed E-state index contributed by atoms with van der Waals surface area (Å²) in [4.78, 5) is 8.62. The van der Waals surface area contributed by atoms with Gasteiger partial charge in [-0.15, -0.1) is 0 Å². The molecule has 1 aromatic carbocycles. The molecule has 20 heavy (non-hydrogen) atoms. The first kappa shape index (κ1) is 13.1. The normalized spacial score (nSPS) is 17.6. The van der Waals surface area contributed by atoms with E-state index in [9.17, 15) is 0 Å². The number of ether oxygens (including phenoxy) is 1. The van der Waals surface area contributed by atoms with Crippen LogP contribution in [0.3, 0.4) is 0 Å². The Bertz CT molecular complexity index is 568. The molecule has 2 heterocycles. The third-order valence-corrected chi connectivity index (χ3v) is 3.65. The smallest absolute Gasteiger partial charge is 0.222 e. The van der Waals surface area contributed by atoms with E-state index in [1.807, 2.05) is 12.4 Å². The van der Waals surface area contributed by atoms with Crippen molar-refractivity contribution in [3.8, 4) is 0 Å².